The van der Waals surface area contributed by atoms with Crippen molar-refractivity contribution in [1.29, 1.82) is 5.26 Å². The van der Waals surface area contributed by atoms with Gasteiger partial charge in [0.05, 0.1) is 38.7 Å². The number of hydrogen-bond donors (Lipinski definition) is 4. The van der Waals surface area contributed by atoms with Crippen LogP contribution in [0.3, 0.4) is 0 Å². The molecule has 2 amide bonds. The average Bonchev–Trinajstić information content (AvgIpc) is 3.22. The van der Waals surface area contributed by atoms with Crippen LogP contribution in [0.15, 0.2) is 149 Å². The van der Waals surface area contributed by atoms with E-state index in [-0.39, 0.29) is 63.1 Å². The highest BCUT2D eigenvalue weighted by molar-refractivity contribution is 7.89. The first-order valence-corrected chi connectivity index (χ1v) is 20.8. The van der Waals surface area contributed by atoms with Crippen molar-refractivity contribution in [3.05, 3.63) is 156 Å². The van der Waals surface area contributed by atoms with Crippen LogP contribution in [0.25, 0.3) is 0 Å². The molecule has 6 aromatic carbocycles. The van der Waals surface area contributed by atoms with Gasteiger partial charge in [-0.1, -0.05) is 66.7 Å². The van der Waals surface area contributed by atoms with Crippen LogP contribution in [0, 0.1) is 11.3 Å². The minimum atomic E-state index is -4.14. The molecule has 0 saturated carbocycles. The normalized spacial score (nSPS) is 10.8. The largest absolute Gasteiger partial charge is 0.496 e. The van der Waals surface area contributed by atoms with Gasteiger partial charge in [0.15, 0.2) is 0 Å². The predicted molar refractivity (Wildman–Crippen MR) is 224 cm³/mol. The van der Waals surface area contributed by atoms with E-state index in [0.29, 0.717) is 22.8 Å². The molecule has 0 fully saturated rings. The smallest absolute Gasteiger partial charge is 0.241 e. The number of benzene rings is 6. The third kappa shape index (κ3) is 12.9. The summed E-state index contributed by atoms with van der Waals surface area (Å²) in [6.45, 7) is 0. The lowest BCUT2D eigenvalue weighted by Gasteiger charge is -2.14. The van der Waals surface area contributed by atoms with E-state index in [0.717, 1.165) is 11.1 Å². The Kier molecular flexibility index (Phi) is 14.6. The second-order valence-corrected chi connectivity index (χ2v) is 15.8. The van der Waals surface area contributed by atoms with Crippen molar-refractivity contribution in [3.63, 3.8) is 0 Å². The molecule has 0 atom stereocenters. The van der Waals surface area contributed by atoms with Crippen LogP contribution < -0.4 is 39.9 Å². The van der Waals surface area contributed by atoms with E-state index in [1.54, 1.807) is 36.4 Å². The highest BCUT2D eigenvalue weighted by Gasteiger charge is 2.20. The van der Waals surface area contributed by atoms with Crippen LogP contribution in [0.2, 0.25) is 0 Å². The van der Waals surface area contributed by atoms with Crippen LogP contribution in [-0.2, 0) is 42.5 Å². The van der Waals surface area contributed by atoms with Crippen molar-refractivity contribution in [2.75, 3.05) is 24.9 Å². The zero-order valence-electron chi connectivity index (χ0n) is 32.2. The van der Waals surface area contributed by atoms with Crippen LogP contribution in [0.1, 0.15) is 16.7 Å². The van der Waals surface area contributed by atoms with Gasteiger partial charge in [-0.15, -0.1) is 0 Å². The lowest BCUT2D eigenvalue weighted by atomic mass is 10.1. The van der Waals surface area contributed by atoms with Crippen molar-refractivity contribution in [3.8, 4) is 40.6 Å². The van der Waals surface area contributed by atoms with Crippen LogP contribution in [-0.4, -0.2) is 42.9 Å². The number of carbonyl (C=O) groups is 2. The summed E-state index contributed by atoms with van der Waals surface area (Å²) in [7, 11) is -5.29. The predicted octanol–water partition coefficient (Wildman–Crippen LogP) is 6.50. The van der Waals surface area contributed by atoms with E-state index < -0.39 is 20.0 Å². The molecule has 6 rings (SSSR count). The van der Waals surface area contributed by atoms with E-state index in [1.165, 1.54) is 56.7 Å². The molecule has 0 saturated heterocycles. The first-order valence-electron chi connectivity index (χ1n) is 17.7. The van der Waals surface area contributed by atoms with E-state index in [4.69, 9.17) is 34.5 Å². The molecule has 15 nitrogen and oxygen atoms in total. The molecule has 0 unspecified atom stereocenters. The van der Waals surface area contributed by atoms with Crippen LogP contribution in [0.5, 0.6) is 34.5 Å². The first kappa shape index (κ1) is 43.9. The summed E-state index contributed by atoms with van der Waals surface area (Å²) < 4.78 is 70.1. The summed E-state index contributed by atoms with van der Waals surface area (Å²) in [5, 5.41) is 25.0. The summed E-state index contributed by atoms with van der Waals surface area (Å²) in [5.41, 5.74) is 2.57. The molecule has 0 aromatic heterocycles. The minimum absolute atomic E-state index is 0.00105. The lowest BCUT2D eigenvalue weighted by molar-refractivity contribution is -0.116. The Hall–Kier alpha value is -7.23. The fourth-order valence-corrected chi connectivity index (χ4v) is 6.84. The highest BCUT2D eigenvalue weighted by Crippen LogP contribution is 2.35. The number of sulfonamides is 2. The van der Waals surface area contributed by atoms with Gasteiger partial charge in [0, 0.05) is 29.6 Å². The molecule has 60 heavy (non-hydrogen) atoms. The molecule has 0 spiro atoms. The van der Waals surface area contributed by atoms with Gasteiger partial charge in [-0.2, -0.15) is 5.26 Å². The number of carbonyl (C=O) groups excluding carboxylic acids is 2. The van der Waals surface area contributed by atoms with Gasteiger partial charge in [0.2, 0.25) is 31.9 Å². The maximum Gasteiger partial charge on any atom is 0.241 e. The van der Waals surface area contributed by atoms with Crippen molar-refractivity contribution >= 4 is 43.2 Å². The third-order valence-electron chi connectivity index (χ3n) is 8.23. The topological polar surface area (TPSA) is 239 Å². The van der Waals surface area contributed by atoms with E-state index in [2.05, 4.69) is 10.6 Å². The molecular formula is C43H39N5O10S2. The average molecular weight is 850 g/mol. The quantitative estimate of drug-likeness (QED) is 0.0922. The van der Waals surface area contributed by atoms with Gasteiger partial charge >= 0.3 is 0 Å². The summed E-state index contributed by atoms with van der Waals surface area (Å²) >= 11 is 0. The highest BCUT2D eigenvalue weighted by atomic mass is 32.2. The molecule has 0 radical (unpaired) electrons. The molecule has 0 aliphatic rings. The van der Waals surface area contributed by atoms with Crippen molar-refractivity contribution in [2.45, 2.75) is 22.6 Å². The van der Waals surface area contributed by atoms with Crippen LogP contribution in [0.4, 0.5) is 11.4 Å². The molecule has 17 heteroatoms. The first-order chi connectivity index (χ1) is 28.6. The number of nitriles is 1. The number of nitrogens with two attached hydrogens (primary N) is 2. The Labute approximate surface area is 347 Å². The Morgan fingerprint density at radius 1 is 0.550 bits per heavy atom. The summed E-state index contributed by atoms with van der Waals surface area (Å²) in [6, 6.07) is 39.7. The molecule has 0 bridgehead atoms. The Balaban J connectivity index is 0.000000228. The van der Waals surface area contributed by atoms with Gasteiger partial charge in [-0.3, -0.25) is 9.59 Å². The maximum atomic E-state index is 12.3. The molecule has 6 N–H and O–H groups in total. The van der Waals surface area contributed by atoms with Gasteiger partial charge in [0.1, 0.15) is 44.3 Å². The number of nitrogens with one attached hydrogen (secondary N) is 2. The van der Waals surface area contributed by atoms with E-state index in [9.17, 15) is 26.4 Å². The monoisotopic (exact) mass is 849 g/mol. The lowest BCUT2D eigenvalue weighted by Crippen LogP contribution is -2.17. The Bertz CT molecular complexity index is 2720. The number of rotatable bonds is 14. The number of nitrogens with zero attached hydrogens (tertiary/aromatic N) is 1. The van der Waals surface area contributed by atoms with E-state index in [1.807, 2.05) is 66.7 Å². The summed E-state index contributed by atoms with van der Waals surface area (Å²) in [6.07, 6.45) is 0.290. The van der Waals surface area contributed by atoms with E-state index >= 15 is 0 Å². The fourth-order valence-electron chi connectivity index (χ4n) is 5.48. The van der Waals surface area contributed by atoms with Gasteiger partial charge in [-0.05, 0) is 65.7 Å². The number of methoxy groups -OCH3 is 2. The number of anilines is 2. The number of amides is 2. The Morgan fingerprint density at radius 2 is 0.983 bits per heavy atom. The molecule has 6 aromatic rings. The second kappa shape index (κ2) is 20.0. The van der Waals surface area contributed by atoms with Gasteiger partial charge < -0.3 is 29.6 Å². The minimum Gasteiger partial charge on any atom is -0.496 e. The summed E-state index contributed by atoms with van der Waals surface area (Å²) in [4.78, 5) is 24.0. The van der Waals surface area contributed by atoms with Gasteiger partial charge in [-0.25, -0.2) is 27.1 Å². The Morgan fingerprint density at radius 3 is 1.40 bits per heavy atom. The number of hydrogen-bond acceptors (Lipinski definition) is 11. The summed E-state index contributed by atoms with van der Waals surface area (Å²) in [5.74, 6) is 0.914. The van der Waals surface area contributed by atoms with Crippen molar-refractivity contribution in [1.82, 2.24) is 0 Å². The van der Waals surface area contributed by atoms with Crippen molar-refractivity contribution in [2.24, 2.45) is 10.3 Å². The molecular weight excluding hydrogens is 811 g/mol. The van der Waals surface area contributed by atoms with Gasteiger partial charge in [0.25, 0.3) is 0 Å². The maximum absolute atomic E-state index is 12.3. The molecule has 0 aliphatic carbocycles. The zero-order chi connectivity index (χ0) is 43.3. The number of primary sulfonamides is 2. The molecule has 308 valence electrons. The van der Waals surface area contributed by atoms with Crippen molar-refractivity contribution < 1.29 is 45.4 Å². The fraction of sp³-hybridized carbons (Fsp3) is 0.0930. The molecule has 0 heterocycles. The SMILES string of the molecule is COc1cc(OC)cc(Oc2ccc(NC(=O)Cc3ccccc3)cc2S(N)(=O)=O)c1.N#Cc1cccc(Oc2ccc(NC(=O)Cc3ccccc3)cc2S(N)(=O)=O)c1. The zero-order valence-corrected chi connectivity index (χ0v) is 33.8. The molecule has 0 aliphatic heterocycles. The van der Waals surface area contributed by atoms with Crippen LogP contribution >= 0.6 is 0 Å². The third-order valence-corrected chi connectivity index (χ3v) is 10.1. The standard InChI is InChI=1S/C22H22N2O6S.C21H17N3O4S/c1-28-17-12-18(29-2)14-19(13-17)30-20-9-8-16(11-21(20)31(23,26)27)24-22(25)10-15-6-4-3-5-7-15;22-14-16-7-4-8-18(11-16)28-19-10-9-17(13-20(19)29(23,26)27)24-21(25)12-15-5-2-1-3-6-15/h3-9,11-14H,10H2,1-2H3,(H,24,25)(H2,23,26,27);1-11,13H,12H2,(H,24,25)(H2,23,26,27). The second-order valence-electron chi connectivity index (χ2n) is 12.7. The number of ether oxygens (including phenoxy) is 4.